The summed E-state index contributed by atoms with van der Waals surface area (Å²) in [5, 5.41) is 3.62. The van der Waals surface area contributed by atoms with Crippen LogP contribution in [0.25, 0.3) is 6.08 Å². The maximum absolute atomic E-state index is 14.7. The Balaban J connectivity index is 1.54. The van der Waals surface area contributed by atoms with Crippen LogP contribution in [0.3, 0.4) is 0 Å². The van der Waals surface area contributed by atoms with Gasteiger partial charge in [0.05, 0.1) is 12.0 Å². The summed E-state index contributed by atoms with van der Waals surface area (Å²) in [4.78, 5) is 45.6. The van der Waals surface area contributed by atoms with Crippen molar-refractivity contribution in [2.24, 2.45) is 5.92 Å². The second-order valence-corrected chi connectivity index (χ2v) is 11.1. The summed E-state index contributed by atoms with van der Waals surface area (Å²) < 4.78 is 0. The van der Waals surface area contributed by atoms with Gasteiger partial charge in [-0.15, -0.1) is 0 Å². The highest BCUT2D eigenvalue weighted by atomic mass is 35.5. The predicted octanol–water partition coefficient (Wildman–Crippen LogP) is 6.50. The van der Waals surface area contributed by atoms with Gasteiger partial charge >= 0.3 is 0 Å². The van der Waals surface area contributed by atoms with Gasteiger partial charge in [0.2, 0.25) is 5.91 Å². The monoisotopic (exact) mass is 544 g/mol. The Morgan fingerprint density at radius 1 is 0.850 bits per heavy atom. The van der Waals surface area contributed by atoms with Crippen LogP contribution in [0.4, 0.5) is 11.4 Å². The summed E-state index contributed by atoms with van der Waals surface area (Å²) in [6.45, 7) is 1.96. The third kappa shape index (κ3) is 3.37. The predicted molar refractivity (Wildman–Crippen MR) is 157 cm³/mol. The van der Waals surface area contributed by atoms with E-state index in [0.29, 0.717) is 21.8 Å². The Morgan fingerprint density at radius 2 is 1.55 bits per heavy atom. The van der Waals surface area contributed by atoms with Gasteiger partial charge in [-0.25, -0.2) is 0 Å². The third-order valence-electron chi connectivity index (χ3n) is 8.54. The van der Waals surface area contributed by atoms with Gasteiger partial charge in [-0.3, -0.25) is 14.4 Å². The lowest BCUT2D eigenvalue weighted by molar-refractivity contribution is -0.121. The Bertz CT molecular complexity index is 1730. The first-order valence-electron chi connectivity index (χ1n) is 13.3. The van der Waals surface area contributed by atoms with Crippen molar-refractivity contribution in [2.45, 2.75) is 24.4 Å². The smallest absolute Gasteiger partial charge is 0.238 e. The molecule has 3 aliphatic heterocycles. The maximum Gasteiger partial charge on any atom is 0.238 e. The maximum atomic E-state index is 14.7. The van der Waals surface area contributed by atoms with Crippen molar-refractivity contribution in [3.63, 3.8) is 0 Å². The zero-order chi connectivity index (χ0) is 27.6. The molecular weight excluding hydrogens is 520 g/mol. The van der Waals surface area contributed by atoms with Gasteiger partial charge in [0, 0.05) is 27.5 Å². The standard InChI is InChI=1S/C34H25ClN2O3/c1-20-11-13-22(14-12-20)31(38)29-30(32(39)21-7-3-2-4-8-21)37-27-17-16-24(35)19-23(27)15-18-28(37)34(29)25-9-5-6-10-26(25)36-33(34)40/h2-19,28-30H,1H3,(H,36,40)/t28-,29-,30+,34+/m0/s1. The van der Waals surface area contributed by atoms with E-state index >= 15 is 0 Å². The first-order chi connectivity index (χ1) is 19.4. The number of carbonyl (C=O) groups excluding carboxylic acids is 3. The van der Waals surface area contributed by atoms with Gasteiger partial charge in [-0.1, -0.05) is 102 Å². The Hall–Kier alpha value is -4.48. The molecule has 0 bridgehead atoms. The number of hydrogen-bond acceptors (Lipinski definition) is 4. The molecule has 1 fully saturated rings. The number of aryl methyl sites for hydroxylation is 1. The number of nitrogens with zero attached hydrogens (tertiary/aromatic N) is 1. The summed E-state index contributed by atoms with van der Waals surface area (Å²) >= 11 is 6.36. The molecule has 1 saturated heterocycles. The van der Waals surface area contributed by atoms with Crippen molar-refractivity contribution in [3.8, 4) is 0 Å². The van der Waals surface area contributed by atoms with Crippen LogP contribution in [-0.2, 0) is 10.2 Å². The number of carbonyl (C=O) groups is 3. The number of anilines is 2. The van der Waals surface area contributed by atoms with Gasteiger partial charge in [-0.2, -0.15) is 0 Å². The molecule has 0 aliphatic carbocycles. The lowest BCUT2D eigenvalue weighted by Crippen LogP contribution is -2.51. The van der Waals surface area contributed by atoms with E-state index in [0.717, 1.165) is 22.4 Å². The van der Waals surface area contributed by atoms with Crippen LogP contribution >= 0.6 is 11.6 Å². The van der Waals surface area contributed by atoms with Gasteiger partial charge < -0.3 is 10.2 Å². The van der Waals surface area contributed by atoms with Gasteiger partial charge in [0.1, 0.15) is 11.5 Å². The molecule has 1 spiro atoms. The fourth-order valence-corrected chi connectivity index (χ4v) is 7.00. The molecule has 196 valence electrons. The molecule has 7 rings (SSSR count). The fourth-order valence-electron chi connectivity index (χ4n) is 6.82. The molecule has 0 unspecified atom stereocenters. The summed E-state index contributed by atoms with van der Waals surface area (Å²) in [5.41, 5.74) is 3.64. The molecule has 4 atom stereocenters. The number of fused-ring (bicyclic) bond motifs is 6. The molecule has 40 heavy (non-hydrogen) atoms. The van der Waals surface area contributed by atoms with E-state index in [1.807, 2.05) is 90.7 Å². The highest BCUT2D eigenvalue weighted by Crippen LogP contribution is 2.58. The number of nitrogens with one attached hydrogen (secondary N) is 1. The van der Waals surface area contributed by atoms with Crippen molar-refractivity contribution in [3.05, 3.63) is 136 Å². The highest BCUT2D eigenvalue weighted by molar-refractivity contribution is 6.31. The van der Waals surface area contributed by atoms with Crippen LogP contribution in [0.15, 0.2) is 103 Å². The van der Waals surface area contributed by atoms with E-state index < -0.39 is 23.4 Å². The zero-order valence-corrected chi connectivity index (χ0v) is 22.4. The quantitative estimate of drug-likeness (QED) is 0.298. The molecule has 0 aromatic heterocycles. The number of Topliss-reactive ketones (excluding diaryl/α,β-unsaturated/α-hetero) is 2. The number of rotatable bonds is 4. The molecule has 3 heterocycles. The summed E-state index contributed by atoms with van der Waals surface area (Å²) in [5.74, 6) is -1.72. The Labute approximate surface area is 237 Å². The summed E-state index contributed by atoms with van der Waals surface area (Å²) in [6, 6.07) is 27.8. The molecule has 6 heteroatoms. The molecule has 3 aliphatic rings. The second kappa shape index (κ2) is 9.04. The number of benzene rings is 4. The molecule has 4 aromatic rings. The number of para-hydroxylation sites is 1. The van der Waals surface area contributed by atoms with Crippen LogP contribution in [-0.4, -0.2) is 29.6 Å². The average Bonchev–Trinajstić information content (AvgIpc) is 3.45. The summed E-state index contributed by atoms with van der Waals surface area (Å²) in [7, 11) is 0. The fraction of sp³-hybridized carbons (Fsp3) is 0.147. The Morgan fingerprint density at radius 3 is 2.33 bits per heavy atom. The van der Waals surface area contributed by atoms with E-state index in [1.165, 1.54) is 0 Å². The van der Waals surface area contributed by atoms with Crippen LogP contribution in [0.2, 0.25) is 5.02 Å². The van der Waals surface area contributed by atoms with Crippen LogP contribution in [0, 0.1) is 12.8 Å². The number of ketones is 2. The Kier molecular flexibility index (Phi) is 5.55. The number of halogens is 1. The number of hydrogen-bond donors (Lipinski definition) is 1. The normalized spacial score (nSPS) is 23.9. The van der Waals surface area contributed by atoms with Crippen LogP contribution in [0.5, 0.6) is 0 Å². The van der Waals surface area contributed by atoms with Crippen molar-refractivity contribution in [2.75, 3.05) is 10.2 Å². The molecule has 1 N–H and O–H groups in total. The first-order valence-corrected chi connectivity index (χ1v) is 13.7. The second-order valence-electron chi connectivity index (χ2n) is 10.7. The average molecular weight is 545 g/mol. The van der Waals surface area contributed by atoms with E-state index in [4.69, 9.17) is 11.6 Å². The first kappa shape index (κ1) is 24.6. The van der Waals surface area contributed by atoms with Crippen molar-refractivity contribution in [1.29, 1.82) is 0 Å². The SMILES string of the molecule is Cc1ccc(C(=O)[C@@H]2[C@H](C(=O)c3ccccc3)N3c4ccc(Cl)cc4C=C[C@H]3[C@@]23C(=O)Nc2ccccc23)cc1. The van der Waals surface area contributed by atoms with E-state index in [9.17, 15) is 14.4 Å². The molecule has 5 nitrogen and oxygen atoms in total. The van der Waals surface area contributed by atoms with Gasteiger partial charge in [-0.05, 0) is 42.3 Å². The molecule has 0 saturated carbocycles. The minimum absolute atomic E-state index is 0.207. The highest BCUT2D eigenvalue weighted by Gasteiger charge is 2.70. The van der Waals surface area contributed by atoms with E-state index in [2.05, 4.69) is 5.32 Å². The lowest BCUT2D eigenvalue weighted by atomic mass is 9.64. The minimum atomic E-state index is -1.33. The van der Waals surface area contributed by atoms with Crippen LogP contribution < -0.4 is 10.2 Å². The number of amides is 1. The molecular formula is C34H25ClN2O3. The van der Waals surface area contributed by atoms with Gasteiger partial charge in [0.15, 0.2) is 11.6 Å². The van der Waals surface area contributed by atoms with E-state index in [1.54, 1.807) is 30.3 Å². The topological polar surface area (TPSA) is 66.5 Å². The zero-order valence-electron chi connectivity index (χ0n) is 21.7. The van der Waals surface area contributed by atoms with E-state index in [-0.39, 0.29) is 17.5 Å². The molecule has 0 radical (unpaired) electrons. The third-order valence-corrected chi connectivity index (χ3v) is 8.78. The largest absolute Gasteiger partial charge is 0.352 e. The van der Waals surface area contributed by atoms with Crippen molar-refractivity contribution in [1.82, 2.24) is 0 Å². The molecule has 1 amide bonds. The van der Waals surface area contributed by atoms with Crippen molar-refractivity contribution >= 4 is 46.5 Å². The lowest BCUT2D eigenvalue weighted by Gasteiger charge is -2.37. The van der Waals surface area contributed by atoms with Gasteiger partial charge in [0.25, 0.3) is 0 Å². The van der Waals surface area contributed by atoms with Crippen molar-refractivity contribution < 1.29 is 14.4 Å². The molecule has 4 aromatic carbocycles. The van der Waals surface area contributed by atoms with Crippen LogP contribution in [0.1, 0.15) is 37.4 Å². The minimum Gasteiger partial charge on any atom is -0.352 e. The summed E-state index contributed by atoms with van der Waals surface area (Å²) in [6.07, 6.45) is 3.90.